The summed E-state index contributed by atoms with van der Waals surface area (Å²) in [7, 11) is 0. The van der Waals surface area contributed by atoms with E-state index in [0.29, 0.717) is 16.2 Å². The monoisotopic (exact) mass is 359 g/mol. The van der Waals surface area contributed by atoms with Gasteiger partial charge in [-0.15, -0.1) is 0 Å². The fourth-order valence-electron chi connectivity index (χ4n) is 1.76. The van der Waals surface area contributed by atoms with Crippen LogP contribution < -0.4 is 5.32 Å². The molecule has 2 N–H and O–H groups in total. The summed E-state index contributed by atoms with van der Waals surface area (Å²) in [5.74, 6) is -7.28. The predicted octanol–water partition coefficient (Wildman–Crippen LogP) is 4.13. The number of anilines is 1. The molecule has 0 saturated carbocycles. The van der Waals surface area contributed by atoms with Gasteiger partial charge in [0.05, 0.1) is 5.56 Å². The minimum Gasteiger partial charge on any atom is -0.503 e. The standard InChI is InChI=1S/C14H9BrF3NO2/c1-6-2-7(15)4-8(3-6)19-14(21)9-5-10(16)12(18)13(20)11(9)17/h2-5,20H,1H3,(H,19,21). The molecule has 0 aliphatic heterocycles. The summed E-state index contributed by atoms with van der Waals surface area (Å²) < 4.78 is 40.4. The summed E-state index contributed by atoms with van der Waals surface area (Å²) in [5.41, 5.74) is 0.382. The Morgan fingerprint density at radius 1 is 1.14 bits per heavy atom. The molecule has 2 aromatic carbocycles. The van der Waals surface area contributed by atoms with E-state index < -0.39 is 34.7 Å². The molecule has 2 aromatic rings. The van der Waals surface area contributed by atoms with Crippen molar-refractivity contribution in [1.82, 2.24) is 0 Å². The van der Waals surface area contributed by atoms with Gasteiger partial charge in [-0.2, -0.15) is 4.39 Å². The molecule has 21 heavy (non-hydrogen) atoms. The Hall–Kier alpha value is -2.02. The minimum atomic E-state index is -1.73. The summed E-state index contributed by atoms with van der Waals surface area (Å²) in [6.07, 6.45) is 0. The van der Waals surface area contributed by atoms with Crippen LogP contribution in [0.4, 0.5) is 18.9 Å². The van der Waals surface area contributed by atoms with Gasteiger partial charge in [-0.3, -0.25) is 4.79 Å². The predicted molar refractivity (Wildman–Crippen MR) is 74.8 cm³/mol. The lowest BCUT2D eigenvalue weighted by atomic mass is 10.1. The van der Waals surface area contributed by atoms with Crippen molar-refractivity contribution in [3.63, 3.8) is 0 Å². The number of aromatic hydroxyl groups is 1. The van der Waals surface area contributed by atoms with E-state index in [9.17, 15) is 18.0 Å². The molecule has 0 bridgehead atoms. The Labute approximate surface area is 126 Å². The lowest BCUT2D eigenvalue weighted by Crippen LogP contribution is -2.15. The van der Waals surface area contributed by atoms with Crippen molar-refractivity contribution in [2.75, 3.05) is 5.32 Å². The average Bonchev–Trinajstić information content (AvgIpc) is 2.39. The molecule has 0 aromatic heterocycles. The highest BCUT2D eigenvalue weighted by Gasteiger charge is 2.22. The minimum absolute atomic E-state index is 0.343. The van der Waals surface area contributed by atoms with Gasteiger partial charge < -0.3 is 10.4 Å². The maximum Gasteiger partial charge on any atom is 0.258 e. The number of hydrogen-bond acceptors (Lipinski definition) is 2. The number of amides is 1. The van der Waals surface area contributed by atoms with Gasteiger partial charge in [-0.1, -0.05) is 15.9 Å². The van der Waals surface area contributed by atoms with Crippen LogP contribution in [0.5, 0.6) is 5.75 Å². The first-order chi connectivity index (χ1) is 9.79. The molecule has 0 heterocycles. The lowest BCUT2D eigenvalue weighted by Gasteiger charge is -2.09. The third kappa shape index (κ3) is 3.18. The Morgan fingerprint density at radius 3 is 2.43 bits per heavy atom. The van der Waals surface area contributed by atoms with Gasteiger partial charge in [0.2, 0.25) is 5.82 Å². The Morgan fingerprint density at radius 2 is 1.81 bits per heavy atom. The Bertz CT molecular complexity index is 714. The Kier molecular flexibility index (Phi) is 4.22. The maximum absolute atomic E-state index is 13.6. The van der Waals surface area contributed by atoms with Gasteiger partial charge in [-0.25, -0.2) is 8.78 Å². The first-order valence-electron chi connectivity index (χ1n) is 5.74. The van der Waals surface area contributed by atoms with Crippen LogP contribution in [0.1, 0.15) is 15.9 Å². The van der Waals surface area contributed by atoms with Crippen molar-refractivity contribution in [3.05, 3.63) is 57.3 Å². The normalized spacial score (nSPS) is 10.5. The fraction of sp³-hybridized carbons (Fsp3) is 0.0714. The van der Waals surface area contributed by atoms with Gasteiger partial charge in [0.25, 0.3) is 5.91 Å². The molecule has 0 spiro atoms. The van der Waals surface area contributed by atoms with Gasteiger partial charge in [0.1, 0.15) is 0 Å². The zero-order valence-electron chi connectivity index (χ0n) is 10.7. The first kappa shape index (κ1) is 15.4. The number of halogens is 4. The van der Waals surface area contributed by atoms with E-state index in [0.717, 1.165) is 5.56 Å². The summed E-state index contributed by atoms with van der Waals surface area (Å²) in [4.78, 5) is 11.9. The van der Waals surface area contributed by atoms with Crippen molar-refractivity contribution in [2.24, 2.45) is 0 Å². The SMILES string of the molecule is Cc1cc(Br)cc(NC(=O)c2cc(F)c(F)c(O)c2F)c1. The van der Waals surface area contributed by atoms with E-state index in [1.54, 1.807) is 25.1 Å². The molecule has 2 rings (SSSR count). The van der Waals surface area contributed by atoms with E-state index in [-0.39, 0.29) is 0 Å². The molecule has 110 valence electrons. The molecular weight excluding hydrogens is 351 g/mol. The van der Waals surface area contributed by atoms with E-state index in [4.69, 9.17) is 5.11 Å². The highest BCUT2D eigenvalue weighted by Crippen LogP contribution is 2.27. The molecule has 0 aliphatic carbocycles. The zero-order chi connectivity index (χ0) is 15.7. The number of hydrogen-bond donors (Lipinski definition) is 2. The second-order valence-electron chi connectivity index (χ2n) is 4.35. The number of phenols is 1. The van der Waals surface area contributed by atoms with Crippen LogP contribution in [0, 0.1) is 24.4 Å². The third-order valence-electron chi connectivity index (χ3n) is 2.68. The van der Waals surface area contributed by atoms with Crippen LogP contribution in [-0.4, -0.2) is 11.0 Å². The van der Waals surface area contributed by atoms with Crippen LogP contribution in [0.3, 0.4) is 0 Å². The van der Waals surface area contributed by atoms with Crippen LogP contribution in [0.15, 0.2) is 28.7 Å². The van der Waals surface area contributed by atoms with Gasteiger partial charge in [0.15, 0.2) is 17.4 Å². The van der Waals surface area contributed by atoms with Crippen LogP contribution in [-0.2, 0) is 0 Å². The molecule has 0 atom stereocenters. The van der Waals surface area contributed by atoms with E-state index in [1.165, 1.54) is 0 Å². The maximum atomic E-state index is 13.6. The highest BCUT2D eigenvalue weighted by molar-refractivity contribution is 9.10. The summed E-state index contributed by atoms with van der Waals surface area (Å²) >= 11 is 3.23. The largest absolute Gasteiger partial charge is 0.503 e. The fourth-order valence-corrected chi connectivity index (χ4v) is 2.37. The molecule has 7 heteroatoms. The number of carbonyl (C=O) groups excluding carboxylic acids is 1. The smallest absolute Gasteiger partial charge is 0.258 e. The van der Waals surface area contributed by atoms with Crippen LogP contribution in [0.2, 0.25) is 0 Å². The summed E-state index contributed by atoms with van der Waals surface area (Å²) in [5, 5.41) is 11.4. The zero-order valence-corrected chi connectivity index (χ0v) is 12.3. The van der Waals surface area contributed by atoms with Crippen molar-refractivity contribution < 1.29 is 23.1 Å². The molecule has 0 saturated heterocycles. The van der Waals surface area contributed by atoms with Crippen LogP contribution in [0.25, 0.3) is 0 Å². The summed E-state index contributed by atoms with van der Waals surface area (Å²) in [6.45, 7) is 1.78. The van der Waals surface area contributed by atoms with E-state index >= 15 is 0 Å². The molecule has 0 fully saturated rings. The number of phenolic OH excluding ortho intramolecular Hbond substituents is 1. The van der Waals surface area contributed by atoms with E-state index in [1.807, 2.05) is 0 Å². The third-order valence-corrected chi connectivity index (χ3v) is 3.14. The van der Waals surface area contributed by atoms with Crippen molar-refractivity contribution in [2.45, 2.75) is 6.92 Å². The molecule has 0 unspecified atom stereocenters. The second kappa shape index (κ2) is 5.77. The highest BCUT2D eigenvalue weighted by atomic mass is 79.9. The van der Waals surface area contributed by atoms with Crippen LogP contribution >= 0.6 is 15.9 Å². The van der Waals surface area contributed by atoms with Crippen molar-refractivity contribution >= 4 is 27.5 Å². The quantitative estimate of drug-likeness (QED) is 0.792. The number of nitrogens with one attached hydrogen (secondary N) is 1. The van der Waals surface area contributed by atoms with Crippen molar-refractivity contribution in [3.8, 4) is 5.75 Å². The topological polar surface area (TPSA) is 49.3 Å². The number of rotatable bonds is 2. The van der Waals surface area contributed by atoms with E-state index in [2.05, 4.69) is 21.2 Å². The Balaban J connectivity index is 2.37. The number of carbonyl (C=O) groups is 1. The van der Waals surface area contributed by atoms with Gasteiger partial charge >= 0.3 is 0 Å². The lowest BCUT2D eigenvalue weighted by molar-refractivity contribution is 0.102. The molecule has 1 amide bonds. The molecule has 3 nitrogen and oxygen atoms in total. The first-order valence-corrected chi connectivity index (χ1v) is 6.54. The molecule has 0 aliphatic rings. The number of benzene rings is 2. The second-order valence-corrected chi connectivity index (χ2v) is 5.27. The van der Waals surface area contributed by atoms with Crippen molar-refractivity contribution in [1.29, 1.82) is 0 Å². The molecule has 0 radical (unpaired) electrons. The molecular formula is C14H9BrF3NO2. The van der Waals surface area contributed by atoms with Gasteiger partial charge in [0, 0.05) is 10.2 Å². The average molecular weight is 360 g/mol. The van der Waals surface area contributed by atoms with Gasteiger partial charge in [-0.05, 0) is 36.8 Å². The summed E-state index contributed by atoms with van der Waals surface area (Å²) in [6, 6.07) is 5.35. The number of aryl methyl sites for hydroxylation is 1.